The largest absolute Gasteiger partial charge is 0.355 e. The minimum absolute atomic E-state index is 0.191. The summed E-state index contributed by atoms with van der Waals surface area (Å²) in [6, 6.07) is 0. The lowest BCUT2D eigenvalue weighted by molar-refractivity contribution is -0.130. The predicted molar refractivity (Wildman–Crippen MR) is 82.2 cm³/mol. The van der Waals surface area contributed by atoms with Gasteiger partial charge in [-0.15, -0.1) is 0 Å². The minimum Gasteiger partial charge on any atom is -0.355 e. The van der Waals surface area contributed by atoms with Crippen LogP contribution in [0.2, 0.25) is 0 Å². The van der Waals surface area contributed by atoms with Gasteiger partial charge in [0.1, 0.15) is 5.82 Å². The van der Waals surface area contributed by atoms with E-state index in [0.717, 1.165) is 50.5 Å². The Morgan fingerprint density at radius 3 is 2.81 bits per heavy atom. The number of nitrogens with zero attached hydrogens (tertiary/aromatic N) is 4. The third kappa shape index (κ3) is 3.52. The molecular formula is C16H24N4O. The normalized spacial score (nSPS) is 22.6. The van der Waals surface area contributed by atoms with E-state index in [1.807, 2.05) is 17.3 Å². The average Bonchev–Trinajstić information content (AvgIpc) is 3.02. The van der Waals surface area contributed by atoms with Gasteiger partial charge in [0, 0.05) is 39.3 Å². The summed E-state index contributed by atoms with van der Waals surface area (Å²) in [6.45, 7) is 5.63. The lowest BCUT2D eigenvalue weighted by Crippen LogP contribution is -2.39. The highest BCUT2D eigenvalue weighted by Gasteiger charge is 2.22. The molecule has 1 atom stereocenters. The van der Waals surface area contributed by atoms with Crippen LogP contribution < -0.4 is 4.90 Å². The van der Waals surface area contributed by atoms with Gasteiger partial charge in [0.2, 0.25) is 5.91 Å². The fourth-order valence-electron chi connectivity index (χ4n) is 3.41. The number of piperidine rings is 1. The van der Waals surface area contributed by atoms with Gasteiger partial charge in [0.25, 0.3) is 0 Å². The lowest BCUT2D eigenvalue weighted by atomic mass is 9.93. The van der Waals surface area contributed by atoms with Crippen molar-refractivity contribution in [3.8, 4) is 0 Å². The smallest absolute Gasteiger partial charge is 0.219 e. The number of likely N-dealkylation sites (tertiary alicyclic amines) is 1. The van der Waals surface area contributed by atoms with Gasteiger partial charge >= 0.3 is 0 Å². The predicted octanol–water partition coefficient (Wildman–Crippen LogP) is 1.88. The molecule has 0 radical (unpaired) electrons. The van der Waals surface area contributed by atoms with Crippen LogP contribution in [0.5, 0.6) is 0 Å². The van der Waals surface area contributed by atoms with Crippen molar-refractivity contribution in [2.45, 2.75) is 39.0 Å². The first-order chi connectivity index (χ1) is 10.2. The molecule has 2 aliphatic heterocycles. The van der Waals surface area contributed by atoms with E-state index in [2.05, 4.69) is 9.88 Å². The molecule has 0 saturated carbocycles. The Balaban J connectivity index is 1.64. The van der Waals surface area contributed by atoms with Crippen molar-refractivity contribution in [3.05, 3.63) is 18.1 Å². The SMILES string of the molecule is CC(=O)N1CCCC(Cc2cncc(N3CCCC3)n2)C1. The van der Waals surface area contributed by atoms with Gasteiger partial charge in [0.05, 0.1) is 11.9 Å². The Hall–Kier alpha value is -1.65. The maximum absolute atomic E-state index is 11.5. The van der Waals surface area contributed by atoms with Gasteiger partial charge in [0.15, 0.2) is 0 Å². The van der Waals surface area contributed by atoms with E-state index in [-0.39, 0.29) is 5.91 Å². The minimum atomic E-state index is 0.191. The van der Waals surface area contributed by atoms with Crippen LogP contribution in [0.15, 0.2) is 12.4 Å². The number of rotatable bonds is 3. The number of aromatic nitrogens is 2. The van der Waals surface area contributed by atoms with E-state index >= 15 is 0 Å². The monoisotopic (exact) mass is 288 g/mol. The maximum Gasteiger partial charge on any atom is 0.219 e. The molecule has 0 N–H and O–H groups in total. The first-order valence-corrected chi connectivity index (χ1v) is 8.04. The van der Waals surface area contributed by atoms with Gasteiger partial charge in [-0.2, -0.15) is 0 Å². The molecule has 1 amide bonds. The Morgan fingerprint density at radius 2 is 2.05 bits per heavy atom. The topological polar surface area (TPSA) is 49.3 Å². The van der Waals surface area contributed by atoms with E-state index < -0.39 is 0 Å². The number of hydrogen-bond acceptors (Lipinski definition) is 4. The number of anilines is 1. The van der Waals surface area contributed by atoms with Crippen LogP contribution in [-0.4, -0.2) is 47.0 Å². The zero-order valence-corrected chi connectivity index (χ0v) is 12.8. The molecule has 1 aromatic rings. The van der Waals surface area contributed by atoms with Crippen molar-refractivity contribution in [3.63, 3.8) is 0 Å². The highest BCUT2D eigenvalue weighted by Crippen LogP contribution is 2.22. The van der Waals surface area contributed by atoms with Gasteiger partial charge < -0.3 is 9.80 Å². The van der Waals surface area contributed by atoms with Gasteiger partial charge in [-0.25, -0.2) is 4.98 Å². The molecule has 0 bridgehead atoms. The Kier molecular flexibility index (Phi) is 4.36. The Morgan fingerprint density at radius 1 is 1.24 bits per heavy atom. The van der Waals surface area contributed by atoms with Crippen molar-refractivity contribution in [2.24, 2.45) is 5.92 Å². The summed E-state index contributed by atoms with van der Waals surface area (Å²) < 4.78 is 0. The summed E-state index contributed by atoms with van der Waals surface area (Å²) in [5.74, 6) is 1.73. The number of amides is 1. The van der Waals surface area contributed by atoms with E-state index in [0.29, 0.717) is 5.92 Å². The van der Waals surface area contributed by atoms with Crippen LogP contribution in [-0.2, 0) is 11.2 Å². The lowest BCUT2D eigenvalue weighted by Gasteiger charge is -2.32. The zero-order chi connectivity index (χ0) is 14.7. The van der Waals surface area contributed by atoms with Crippen LogP contribution in [0, 0.1) is 5.92 Å². The summed E-state index contributed by atoms with van der Waals surface area (Å²) in [5, 5.41) is 0. The van der Waals surface area contributed by atoms with Crippen LogP contribution >= 0.6 is 0 Å². The third-order valence-electron chi connectivity index (χ3n) is 4.56. The highest BCUT2D eigenvalue weighted by molar-refractivity contribution is 5.73. The molecule has 0 aromatic carbocycles. The molecule has 114 valence electrons. The van der Waals surface area contributed by atoms with Crippen molar-refractivity contribution in [1.82, 2.24) is 14.9 Å². The summed E-state index contributed by atoms with van der Waals surface area (Å²) in [4.78, 5) is 24.9. The number of carbonyl (C=O) groups is 1. The van der Waals surface area contributed by atoms with Crippen LogP contribution in [0.4, 0.5) is 5.82 Å². The summed E-state index contributed by atoms with van der Waals surface area (Å²) in [7, 11) is 0. The highest BCUT2D eigenvalue weighted by atomic mass is 16.2. The molecule has 0 spiro atoms. The molecule has 5 heteroatoms. The van der Waals surface area contributed by atoms with E-state index in [1.54, 1.807) is 6.92 Å². The number of carbonyl (C=O) groups excluding carboxylic acids is 1. The fraction of sp³-hybridized carbons (Fsp3) is 0.688. The second-order valence-corrected chi connectivity index (χ2v) is 6.24. The van der Waals surface area contributed by atoms with Gasteiger partial charge in [-0.1, -0.05) is 0 Å². The third-order valence-corrected chi connectivity index (χ3v) is 4.56. The molecule has 1 aromatic heterocycles. The molecule has 3 rings (SSSR count). The number of hydrogen-bond donors (Lipinski definition) is 0. The Labute approximate surface area is 126 Å². The van der Waals surface area contributed by atoms with Crippen molar-refractivity contribution in [1.29, 1.82) is 0 Å². The molecule has 2 saturated heterocycles. The van der Waals surface area contributed by atoms with Crippen LogP contribution in [0.25, 0.3) is 0 Å². The summed E-state index contributed by atoms with van der Waals surface area (Å²) in [6.07, 6.45) is 9.47. The molecule has 0 aliphatic carbocycles. The Bertz CT molecular complexity index is 499. The standard InChI is InChI=1S/C16H24N4O/c1-13(21)20-8-4-5-14(12-20)9-15-10-17-11-16(18-15)19-6-2-3-7-19/h10-11,14H,2-9,12H2,1H3. The van der Waals surface area contributed by atoms with E-state index in [1.165, 1.54) is 19.3 Å². The molecule has 5 nitrogen and oxygen atoms in total. The van der Waals surface area contributed by atoms with Crippen LogP contribution in [0.3, 0.4) is 0 Å². The molecule has 2 aliphatic rings. The second-order valence-electron chi connectivity index (χ2n) is 6.24. The molecule has 2 fully saturated rings. The van der Waals surface area contributed by atoms with Crippen molar-refractivity contribution < 1.29 is 4.79 Å². The first kappa shape index (κ1) is 14.3. The van der Waals surface area contributed by atoms with Crippen molar-refractivity contribution >= 4 is 11.7 Å². The summed E-state index contributed by atoms with van der Waals surface area (Å²) in [5.41, 5.74) is 1.06. The first-order valence-electron chi connectivity index (χ1n) is 8.04. The van der Waals surface area contributed by atoms with Crippen molar-refractivity contribution in [2.75, 3.05) is 31.1 Å². The second kappa shape index (κ2) is 6.41. The quantitative estimate of drug-likeness (QED) is 0.852. The fourth-order valence-corrected chi connectivity index (χ4v) is 3.41. The molecule has 1 unspecified atom stereocenters. The zero-order valence-electron chi connectivity index (χ0n) is 12.8. The maximum atomic E-state index is 11.5. The molecule has 21 heavy (non-hydrogen) atoms. The van der Waals surface area contributed by atoms with Crippen LogP contribution in [0.1, 0.15) is 38.3 Å². The summed E-state index contributed by atoms with van der Waals surface area (Å²) >= 11 is 0. The van der Waals surface area contributed by atoms with Gasteiger partial charge in [-0.05, 0) is 38.0 Å². The van der Waals surface area contributed by atoms with E-state index in [9.17, 15) is 4.79 Å². The van der Waals surface area contributed by atoms with Gasteiger partial charge in [-0.3, -0.25) is 9.78 Å². The van der Waals surface area contributed by atoms with E-state index in [4.69, 9.17) is 4.98 Å². The average molecular weight is 288 g/mol. The molecule has 3 heterocycles. The molecular weight excluding hydrogens is 264 g/mol.